The standard InChI is InChI=1S/C13H12F7O/c1-7(2)10(21)8-3-5-9(6-4-8)11(14,15)12(16,17)13(18,19)20/h3-7,10H,1-2H3. The SMILES string of the molecule is CC(C)C([O])c1ccc(C(F)(F)C(F)(F)C(F)(F)F)cc1. The maximum absolute atomic E-state index is 13.4. The van der Waals surface area contributed by atoms with Gasteiger partial charge in [-0.15, -0.1) is 0 Å². The number of benzene rings is 1. The highest BCUT2D eigenvalue weighted by Gasteiger charge is 2.73. The first-order chi connectivity index (χ1) is 9.32. The number of hydrogen-bond donors (Lipinski definition) is 0. The fourth-order valence-electron chi connectivity index (χ4n) is 1.63. The lowest BCUT2D eigenvalue weighted by Crippen LogP contribution is -2.50. The van der Waals surface area contributed by atoms with E-state index in [1.165, 1.54) is 0 Å². The van der Waals surface area contributed by atoms with Crippen molar-refractivity contribution in [1.82, 2.24) is 0 Å². The molecule has 1 atom stereocenters. The summed E-state index contributed by atoms with van der Waals surface area (Å²) in [6.07, 6.45) is -7.66. The minimum atomic E-state index is -6.38. The van der Waals surface area contributed by atoms with Crippen molar-refractivity contribution in [2.75, 3.05) is 0 Å². The monoisotopic (exact) mass is 317 g/mol. The Hall–Kier alpha value is -1.31. The summed E-state index contributed by atoms with van der Waals surface area (Å²) in [5.41, 5.74) is -1.45. The highest BCUT2D eigenvalue weighted by atomic mass is 19.4. The van der Waals surface area contributed by atoms with E-state index in [9.17, 15) is 35.8 Å². The van der Waals surface area contributed by atoms with E-state index < -0.39 is 29.7 Å². The summed E-state index contributed by atoms with van der Waals surface area (Å²) in [4.78, 5) is 0. The van der Waals surface area contributed by atoms with Gasteiger partial charge in [0.1, 0.15) is 6.10 Å². The third-order valence-electron chi connectivity index (χ3n) is 2.96. The van der Waals surface area contributed by atoms with Crippen LogP contribution in [0.15, 0.2) is 24.3 Å². The molecule has 0 heterocycles. The maximum Gasteiger partial charge on any atom is 0.460 e. The lowest BCUT2D eigenvalue weighted by Gasteiger charge is -2.28. The zero-order valence-electron chi connectivity index (χ0n) is 11.0. The molecule has 1 unspecified atom stereocenters. The molecule has 0 N–H and O–H groups in total. The van der Waals surface area contributed by atoms with Crippen LogP contribution in [-0.4, -0.2) is 12.1 Å². The molecule has 8 heteroatoms. The highest BCUT2D eigenvalue weighted by molar-refractivity contribution is 5.29. The second-order valence-corrected chi connectivity index (χ2v) is 4.93. The first-order valence-electron chi connectivity index (χ1n) is 5.91. The van der Waals surface area contributed by atoms with Gasteiger partial charge in [-0.05, 0) is 11.5 Å². The zero-order chi connectivity index (χ0) is 16.6. The van der Waals surface area contributed by atoms with E-state index in [1.807, 2.05) is 0 Å². The van der Waals surface area contributed by atoms with Gasteiger partial charge in [0.15, 0.2) is 0 Å². The number of alkyl halides is 7. The molecular weight excluding hydrogens is 305 g/mol. The molecular formula is C13H12F7O. The second kappa shape index (κ2) is 5.47. The maximum atomic E-state index is 13.4. The molecule has 1 aromatic rings. The van der Waals surface area contributed by atoms with Crippen LogP contribution in [0.5, 0.6) is 0 Å². The van der Waals surface area contributed by atoms with E-state index in [4.69, 9.17) is 0 Å². The normalized spacial score (nSPS) is 15.4. The zero-order valence-corrected chi connectivity index (χ0v) is 11.0. The smallest absolute Gasteiger partial charge is 0.228 e. The molecule has 0 saturated carbocycles. The molecule has 0 aromatic heterocycles. The summed E-state index contributed by atoms with van der Waals surface area (Å²) in [5.74, 6) is -12.0. The van der Waals surface area contributed by atoms with Crippen molar-refractivity contribution in [3.05, 3.63) is 35.4 Å². The fourth-order valence-corrected chi connectivity index (χ4v) is 1.63. The third kappa shape index (κ3) is 3.14. The first kappa shape index (κ1) is 17.7. The summed E-state index contributed by atoms with van der Waals surface area (Å²) >= 11 is 0. The van der Waals surface area contributed by atoms with Gasteiger partial charge in [-0.25, -0.2) is 5.11 Å². The van der Waals surface area contributed by atoms with Crippen LogP contribution in [0, 0.1) is 5.92 Å². The Balaban J connectivity index is 3.17. The van der Waals surface area contributed by atoms with Crippen LogP contribution in [-0.2, 0) is 11.0 Å². The van der Waals surface area contributed by atoms with E-state index in [2.05, 4.69) is 0 Å². The first-order valence-corrected chi connectivity index (χ1v) is 5.91. The molecule has 0 spiro atoms. The molecule has 21 heavy (non-hydrogen) atoms. The Labute approximate surface area is 116 Å². The van der Waals surface area contributed by atoms with Crippen LogP contribution < -0.4 is 0 Å². The van der Waals surface area contributed by atoms with Crippen molar-refractivity contribution < 1.29 is 35.8 Å². The minimum absolute atomic E-state index is 0.0416. The predicted octanol–water partition coefficient (Wildman–Crippen LogP) is 5.10. The van der Waals surface area contributed by atoms with Crippen LogP contribution in [0.1, 0.15) is 31.1 Å². The number of halogens is 7. The summed E-state index contributed by atoms with van der Waals surface area (Å²) in [5, 5.41) is 11.6. The van der Waals surface area contributed by atoms with Gasteiger partial charge >= 0.3 is 18.0 Å². The van der Waals surface area contributed by atoms with E-state index in [0.717, 1.165) is 12.1 Å². The lowest BCUT2D eigenvalue weighted by molar-refractivity contribution is -0.359. The molecule has 0 fully saturated rings. The van der Waals surface area contributed by atoms with Gasteiger partial charge in [0.2, 0.25) is 0 Å². The summed E-state index contributed by atoms with van der Waals surface area (Å²) in [6, 6.07) is 2.52. The molecule has 0 aliphatic carbocycles. The van der Waals surface area contributed by atoms with E-state index in [-0.39, 0.29) is 11.5 Å². The molecule has 0 aliphatic heterocycles. The Kier molecular flexibility index (Phi) is 4.62. The Bertz CT molecular complexity index is 476. The fraction of sp³-hybridized carbons (Fsp3) is 0.538. The van der Waals surface area contributed by atoms with Crippen molar-refractivity contribution >= 4 is 0 Å². The summed E-state index contributed by atoms with van der Waals surface area (Å²) in [7, 11) is 0. The number of rotatable bonds is 4. The molecule has 1 aromatic carbocycles. The minimum Gasteiger partial charge on any atom is -0.228 e. The van der Waals surface area contributed by atoms with Gasteiger partial charge in [0.05, 0.1) is 0 Å². The molecule has 1 nitrogen and oxygen atoms in total. The average Bonchev–Trinajstić information content (AvgIpc) is 2.36. The van der Waals surface area contributed by atoms with Crippen molar-refractivity contribution in [3.8, 4) is 0 Å². The van der Waals surface area contributed by atoms with Gasteiger partial charge in [-0.2, -0.15) is 30.7 Å². The topological polar surface area (TPSA) is 19.9 Å². The van der Waals surface area contributed by atoms with Gasteiger partial charge in [0, 0.05) is 5.56 Å². The van der Waals surface area contributed by atoms with Crippen molar-refractivity contribution in [2.24, 2.45) is 5.92 Å². The predicted molar refractivity (Wildman–Crippen MR) is 59.6 cm³/mol. The molecule has 0 bridgehead atoms. The third-order valence-corrected chi connectivity index (χ3v) is 2.96. The Morgan fingerprint density at radius 2 is 1.29 bits per heavy atom. The van der Waals surface area contributed by atoms with Crippen LogP contribution in [0.4, 0.5) is 30.7 Å². The van der Waals surface area contributed by atoms with E-state index in [0.29, 0.717) is 12.1 Å². The molecule has 0 saturated heterocycles. The van der Waals surface area contributed by atoms with Crippen molar-refractivity contribution in [1.29, 1.82) is 0 Å². The summed E-state index contributed by atoms with van der Waals surface area (Å²) in [6.45, 7) is 3.13. The second-order valence-electron chi connectivity index (χ2n) is 4.93. The Morgan fingerprint density at radius 1 is 0.857 bits per heavy atom. The lowest BCUT2D eigenvalue weighted by atomic mass is 9.95. The number of hydrogen-bond acceptors (Lipinski definition) is 0. The Morgan fingerprint density at radius 3 is 1.62 bits per heavy atom. The largest absolute Gasteiger partial charge is 0.460 e. The van der Waals surface area contributed by atoms with Crippen molar-refractivity contribution in [3.63, 3.8) is 0 Å². The van der Waals surface area contributed by atoms with Crippen LogP contribution >= 0.6 is 0 Å². The van der Waals surface area contributed by atoms with Crippen LogP contribution in [0.3, 0.4) is 0 Å². The molecule has 0 aliphatic rings. The highest BCUT2D eigenvalue weighted by Crippen LogP contribution is 2.51. The molecule has 119 valence electrons. The molecule has 1 rings (SSSR count). The summed E-state index contributed by atoms with van der Waals surface area (Å²) < 4.78 is 88.6. The molecule has 0 amide bonds. The van der Waals surface area contributed by atoms with Gasteiger partial charge in [0.25, 0.3) is 0 Å². The van der Waals surface area contributed by atoms with Crippen molar-refractivity contribution in [2.45, 2.75) is 38.0 Å². The average molecular weight is 317 g/mol. The van der Waals surface area contributed by atoms with Crippen LogP contribution in [0.2, 0.25) is 0 Å². The van der Waals surface area contributed by atoms with Gasteiger partial charge < -0.3 is 0 Å². The van der Waals surface area contributed by atoms with Gasteiger partial charge in [-0.1, -0.05) is 38.1 Å². The van der Waals surface area contributed by atoms with E-state index >= 15 is 0 Å². The van der Waals surface area contributed by atoms with Crippen LogP contribution in [0.25, 0.3) is 0 Å². The molecule has 1 radical (unpaired) electrons. The van der Waals surface area contributed by atoms with E-state index in [1.54, 1.807) is 13.8 Å². The quantitative estimate of drug-likeness (QED) is 0.688. The van der Waals surface area contributed by atoms with Gasteiger partial charge in [-0.3, -0.25) is 0 Å².